The fraction of sp³-hybridized carbons (Fsp3) is 0.353. The molecule has 3 rings (SSSR count). The number of fused-ring (bicyclic) bond motifs is 1. The molecule has 0 aliphatic carbocycles. The van der Waals surface area contributed by atoms with E-state index in [0.717, 1.165) is 0 Å². The Morgan fingerprint density at radius 2 is 2.00 bits per heavy atom. The molecule has 0 radical (unpaired) electrons. The van der Waals surface area contributed by atoms with Crippen molar-refractivity contribution in [2.45, 2.75) is 19.1 Å². The van der Waals surface area contributed by atoms with Crippen LogP contribution in [0.5, 0.6) is 11.5 Å². The lowest BCUT2D eigenvalue weighted by molar-refractivity contribution is -0.123. The van der Waals surface area contributed by atoms with E-state index in [1.807, 2.05) is 0 Å². The molecule has 0 spiro atoms. The van der Waals surface area contributed by atoms with Crippen LogP contribution in [0.3, 0.4) is 0 Å². The van der Waals surface area contributed by atoms with E-state index in [-0.39, 0.29) is 12.4 Å². The van der Waals surface area contributed by atoms with Crippen LogP contribution >= 0.6 is 0 Å². The van der Waals surface area contributed by atoms with Gasteiger partial charge in [-0.15, -0.1) is 0 Å². The number of amides is 1. The van der Waals surface area contributed by atoms with Gasteiger partial charge < -0.3 is 14.8 Å². The number of ether oxygens (including phenoxy) is 2. The summed E-state index contributed by atoms with van der Waals surface area (Å²) in [7, 11) is 1.53. The zero-order chi connectivity index (χ0) is 16.6. The van der Waals surface area contributed by atoms with E-state index < -0.39 is 24.0 Å². The third kappa shape index (κ3) is 2.81. The van der Waals surface area contributed by atoms with Crippen LogP contribution in [-0.4, -0.2) is 31.8 Å². The molecular formula is C17H17F2NO3. The fourth-order valence-electron chi connectivity index (χ4n) is 2.73. The average molecular weight is 321 g/mol. The lowest BCUT2D eigenvalue weighted by atomic mass is 10.0. The summed E-state index contributed by atoms with van der Waals surface area (Å²) in [4.78, 5) is 11.3. The average Bonchev–Trinajstić information content (AvgIpc) is 2.81. The zero-order valence-electron chi connectivity index (χ0n) is 12.8. The number of hydrogen-bond donors (Lipinski definition) is 1. The molecule has 0 saturated carbocycles. The van der Waals surface area contributed by atoms with Crippen LogP contribution in [0.2, 0.25) is 0 Å². The number of carbonyl (C=O) groups excluding carboxylic acids is 1. The first-order chi connectivity index (χ1) is 11.0. The minimum absolute atomic E-state index is 0.116. The number of hydrogen-bond acceptors (Lipinski definition) is 3. The summed E-state index contributed by atoms with van der Waals surface area (Å²) >= 11 is 0. The summed E-state index contributed by atoms with van der Waals surface area (Å²) in [5.41, 5.74) is 0. The number of benzene rings is 2. The molecule has 0 unspecified atom stereocenters. The fourth-order valence-corrected chi connectivity index (χ4v) is 2.73. The van der Waals surface area contributed by atoms with Crippen molar-refractivity contribution >= 4 is 16.7 Å². The van der Waals surface area contributed by atoms with E-state index in [2.05, 4.69) is 5.32 Å². The quantitative estimate of drug-likeness (QED) is 0.942. The normalized spacial score (nSPS) is 23.8. The Kier molecular flexibility index (Phi) is 4.07. The minimum Gasteiger partial charge on any atom is -0.497 e. The second-order valence-electron chi connectivity index (χ2n) is 5.64. The van der Waals surface area contributed by atoms with Crippen molar-refractivity contribution in [3.8, 4) is 11.5 Å². The largest absolute Gasteiger partial charge is 0.497 e. The molecule has 1 heterocycles. The van der Waals surface area contributed by atoms with Gasteiger partial charge in [0.05, 0.1) is 13.2 Å². The minimum atomic E-state index is -1.52. The second kappa shape index (κ2) is 6.02. The zero-order valence-corrected chi connectivity index (χ0v) is 12.8. The second-order valence-corrected chi connectivity index (χ2v) is 5.64. The molecule has 1 fully saturated rings. The van der Waals surface area contributed by atoms with Gasteiger partial charge in [0.15, 0.2) is 6.17 Å². The Morgan fingerprint density at radius 3 is 2.65 bits per heavy atom. The molecule has 0 aromatic heterocycles. The molecule has 6 heteroatoms. The highest BCUT2D eigenvalue weighted by molar-refractivity contribution is 5.90. The molecule has 1 N–H and O–H groups in total. The van der Waals surface area contributed by atoms with Gasteiger partial charge in [-0.25, -0.2) is 8.78 Å². The van der Waals surface area contributed by atoms with Crippen molar-refractivity contribution in [3.05, 3.63) is 36.1 Å². The Balaban J connectivity index is 1.85. The summed E-state index contributed by atoms with van der Waals surface area (Å²) in [5, 5.41) is 3.55. The topological polar surface area (TPSA) is 47.6 Å². The van der Waals surface area contributed by atoms with Gasteiger partial charge in [-0.05, 0) is 30.3 Å². The predicted octanol–water partition coefficient (Wildman–Crippen LogP) is 2.84. The van der Waals surface area contributed by atoms with Crippen LogP contribution in [0.25, 0.3) is 10.8 Å². The Bertz CT molecular complexity index is 750. The molecular weight excluding hydrogens is 304 g/mol. The lowest BCUT2D eigenvalue weighted by Gasteiger charge is -2.17. The SMILES string of the molecule is COc1ccc2c(F)ccc(OC[C@H]3NC(=O)[C@@H](F)[C@H]3C)c2c1. The van der Waals surface area contributed by atoms with E-state index in [1.54, 1.807) is 25.1 Å². The maximum Gasteiger partial charge on any atom is 0.255 e. The number of rotatable bonds is 4. The number of methoxy groups -OCH3 is 1. The molecule has 23 heavy (non-hydrogen) atoms. The van der Waals surface area contributed by atoms with Gasteiger partial charge in [0.25, 0.3) is 5.91 Å². The first-order valence-corrected chi connectivity index (χ1v) is 7.34. The summed E-state index contributed by atoms with van der Waals surface area (Å²) < 4.78 is 38.3. The summed E-state index contributed by atoms with van der Waals surface area (Å²) in [6, 6.07) is 7.39. The van der Waals surface area contributed by atoms with E-state index in [9.17, 15) is 13.6 Å². The number of halogens is 2. The molecule has 4 nitrogen and oxygen atoms in total. The highest BCUT2D eigenvalue weighted by atomic mass is 19.1. The molecule has 2 aromatic rings. The first-order valence-electron chi connectivity index (χ1n) is 7.34. The van der Waals surface area contributed by atoms with Gasteiger partial charge in [0.2, 0.25) is 0 Å². The Morgan fingerprint density at radius 1 is 1.22 bits per heavy atom. The summed E-state index contributed by atoms with van der Waals surface area (Å²) in [6.45, 7) is 1.77. The first kappa shape index (κ1) is 15.5. The van der Waals surface area contributed by atoms with Gasteiger partial charge in [-0.2, -0.15) is 0 Å². The maximum atomic E-state index is 13.9. The molecule has 0 bridgehead atoms. The van der Waals surface area contributed by atoms with Gasteiger partial charge >= 0.3 is 0 Å². The van der Waals surface area contributed by atoms with Crippen molar-refractivity contribution < 1.29 is 23.0 Å². The van der Waals surface area contributed by atoms with Crippen molar-refractivity contribution in [3.63, 3.8) is 0 Å². The molecule has 122 valence electrons. The van der Waals surface area contributed by atoms with Crippen LogP contribution in [0, 0.1) is 11.7 Å². The van der Waals surface area contributed by atoms with Gasteiger partial charge in [-0.3, -0.25) is 4.79 Å². The third-order valence-corrected chi connectivity index (χ3v) is 4.22. The van der Waals surface area contributed by atoms with Gasteiger partial charge in [0, 0.05) is 16.7 Å². The number of carbonyl (C=O) groups is 1. The van der Waals surface area contributed by atoms with Crippen LogP contribution in [-0.2, 0) is 4.79 Å². The molecule has 1 aliphatic heterocycles. The highest BCUT2D eigenvalue weighted by Crippen LogP contribution is 2.32. The van der Waals surface area contributed by atoms with E-state index in [0.29, 0.717) is 22.3 Å². The Hall–Kier alpha value is -2.37. The summed E-state index contributed by atoms with van der Waals surface area (Å²) in [6.07, 6.45) is -1.52. The van der Waals surface area contributed by atoms with Crippen molar-refractivity contribution in [2.75, 3.05) is 13.7 Å². The standard InChI is InChI=1S/C17H17F2NO3/c1-9-14(20-17(21)16(9)19)8-23-15-6-5-13(18)11-4-3-10(22-2)7-12(11)15/h3-7,9,14,16H,8H2,1-2H3,(H,20,21)/t9-,14+,16-/m0/s1. The van der Waals surface area contributed by atoms with Crippen LogP contribution in [0.1, 0.15) is 6.92 Å². The molecule has 2 aromatic carbocycles. The van der Waals surface area contributed by atoms with Gasteiger partial charge in [-0.1, -0.05) is 6.92 Å². The van der Waals surface area contributed by atoms with Crippen LogP contribution in [0.15, 0.2) is 30.3 Å². The van der Waals surface area contributed by atoms with E-state index in [4.69, 9.17) is 9.47 Å². The van der Waals surface area contributed by atoms with Gasteiger partial charge in [0.1, 0.15) is 23.9 Å². The predicted molar refractivity (Wildman–Crippen MR) is 81.9 cm³/mol. The van der Waals surface area contributed by atoms with Crippen LogP contribution in [0.4, 0.5) is 8.78 Å². The molecule has 1 amide bonds. The molecule has 1 aliphatic rings. The maximum absolute atomic E-state index is 13.9. The van der Waals surface area contributed by atoms with Crippen molar-refractivity contribution in [2.24, 2.45) is 5.92 Å². The number of alkyl halides is 1. The lowest BCUT2D eigenvalue weighted by Crippen LogP contribution is -2.34. The van der Waals surface area contributed by atoms with E-state index in [1.165, 1.54) is 19.2 Å². The molecule has 1 saturated heterocycles. The smallest absolute Gasteiger partial charge is 0.255 e. The van der Waals surface area contributed by atoms with E-state index >= 15 is 0 Å². The van der Waals surface area contributed by atoms with Crippen LogP contribution < -0.4 is 14.8 Å². The Labute approximate surface area is 132 Å². The number of nitrogens with one attached hydrogen (secondary N) is 1. The van der Waals surface area contributed by atoms with Crippen molar-refractivity contribution in [1.29, 1.82) is 0 Å². The van der Waals surface area contributed by atoms with Crippen molar-refractivity contribution in [1.82, 2.24) is 5.32 Å². The third-order valence-electron chi connectivity index (χ3n) is 4.22. The summed E-state index contributed by atoms with van der Waals surface area (Å²) in [5.74, 6) is -0.398. The monoisotopic (exact) mass is 321 g/mol. The molecule has 3 atom stereocenters. The highest BCUT2D eigenvalue weighted by Gasteiger charge is 2.39.